The molecule has 0 aliphatic heterocycles. The molecule has 1 amide bonds. The van der Waals surface area contributed by atoms with E-state index in [2.05, 4.69) is 10.2 Å². The number of methoxy groups -OCH3 is 1. The van der Waals surface area contributed by atoms with E-state index in [9.17, 15) is 4.79 Å². The van der Waals surface area contributed by atoms with Gasteiger partial charge in [0.15, 0.2) is 11.0 Å². The average molecular weight is 461 g/mol. The Balaban J connectivity index is 1.69. The van der Waals surface area contributed by atoms with Gasteiger partial charge in [0.05, 0.1) is 18.0 Å². The lowest BCUT2D eigenvalue weighted by Crippen LogP contribution is -2.23. The van der Waals surface area contributed by atoms with Crippen LogP contribution in [-0.4, -0.2) is 33.0 Å². The molecule has 0 aliphatic rings. The minimum absolute atomic E-state index is 0.167. The molecular weight excluding hydrogens is 436 g/mol. The predicted molar refractivity (Wildman–Crippen MR) is 129 cm³/mol. The number of benzene rings is 3. The van der Waals surface area contributed by atoms with Crippen molar-refractivity contribution in [1.29, 1.82) is 0 Å². The van der Waals surface area contributed by atoms with E-state index < -0.39 is 11.2 Å². The van der Waals surface area contributed by atoms with Gasteiger partial charge in [-0.1, -0.05) is 72.4 Å². The summed E-state index contributed by atoms with van der Waals surface area (Å²) in [6, 6.07) is 25.5. The molecule has 0 bridgehead atoms. The molecule has 0 saturated heterocycles. The molecule has 1 aromatic heterocycles. The number of aromatic nitrogens is 3. The summed E-state index contributed by atoms with van der Waals surface area (Å²) < 4.78 is 13.6. The number of para-hydroxylation sites is 3. The van der Waals surface area contributed by atoms with Crippen molar-refractivity contribution in [3.05, 3.63) is 84.7 Å². The van der Waals surface area contributed by atoms with Crippen LogP contribution in [0, 0.1) is 0 Å². The normalized spacial score (nSPS) is 11.7. The van der Waals surface area contributed by atoms with E-state index in [0.717, 1.165) is 22.6 Å². The molecule has 1 heterocycles. The first kappa shape index (κ1) is 22.4. The van der Waals surface area contributed by atoms with Crippen LogP contribution in [0.2, 0.25) is 0 Å². The van der Waals surface area contributed by atoms with Crippen LogP contribution in [0.25, 0.3) is 16.8 Å². The lowest BCUT2D eigenvalue weighted by Gasteiger charge is -2.16. The summed E-state index contributed by atoms with van der Waals surface area (Å²) in [5.41, 5.74) is 8.27. The van der Waals surface area contributed by atoms with Crippen LogP contribution in [-0.2, 0) is 11.4 Å². The van der Waals surface area contributed by atoms with E-state index in [1.807, 2.05) is 83.4 Å². The fourth-order valence-electron chi connectivity index (χ4n) is 3.33. The first-order chi connectivity index (χ1) is 16.1. The Hall–Kier alpha value is -3.78. The maximum Gasteiger partial charge on any atom is 0.230 e. The van der Waals surface area contributed by atoms with Gasteiger partial charge >= 0.3 is 0 Å². The van der Waals surface area contributed by atoms with Gasteiger partial charge in [0.25, 0.3) is 0 Å². The Morgan fingerprint density at radius 3 is 2.36 bits per heavy atom. The number of ether oxygens (including phenoxy) is 2. The Bertz CT molecular complexity index is 1240. The highest BCUT2D eigenvalue weighted by atomic mass is 32.2. The van der Waals surface area contributed by atoms with Gasteiger partial charge in [-0.15, -0.1) is 10.2 Å². The number of hydrogen-bond donors (Lipinski definition) is 1. The largest absolute Gasteiger partial charge is 0.495 e. The standard InChI is InChI=1S/C25H24N4O3S/c1-17(24(26)30)33-25-28-27-23(29(25)20-13-7-9-15-22(20)31-2)16-32-21-14-8-6-12-19(21)18-10-4-3-5-11-18/h3-15,17H,16H2,1-2H3,(H2,26,30)/t17-/m1/s1. The van der Waals surface area contributed by atoms with Crippen LogP contribution < -0.4 is 15.2 Å². The molecule has 168 valence electrons. The predicted octanol–water partition coefficient (Wildman–Crippen LogP) is 4.49. The second-order valence-electron chi connectivity index (χ2n) is 7.22. The third kappa shape index (κ3) is 5.01. The first-order valence-electron chi connectivity index (χ1n) is 10.4. The van der Waals surface area contributed by atoms with Crippen LogP contribution >= 0.6 is 11.8 Å². The van der Waals surface area contributed by atoms with Crippen LogP contribution in [0.15, 0.2) is 84.0 Å². The SMILES string of the molecule is COc1ccccc1-n1c(COc2ccccc2-c2ccccc2)nnc1S[C@H](C)C(N)=O. The maximum absolute atomic E-state index is 11.7. The summed E-state index contributed by atoms with van der Waals surface area (Å²) in [5.74, 6) is 1.53. The number of nitrogens with two attached hydrogens (primary N) is 1. The van der Waals surface area contributed by atoms with E-state index in [1.165, 1.54) is 11.8 Å². The van der Waals surface area contributed by atoms with Crippen LogP contribution in [0.3, 0.4) is 0 Å². The van der Waals surface area contributed by atoms with Crippen molar-refractivity contribution in [3.8, 4) is 28.3 Å². The number of rotatable bonds is 9. The monoisotopic (exact) mass is 460 g/mol. The molecule has 2 N–H and O–H groups in total. The van der Waals surface area contributed by atoms with Crippen LogP contribution in [0.5, 0.6) is 11.5 Å². The number of amides is 1. The molecule has 8 heteroatoms. The highest BCUT2D eigenvalue weighted by Crippen LogP contribution is 2.33. The Morgan fingerprint density at radius 2 is 1.64 bits per heavy atom. The summed E-state index contributed by atoms with van der Waals surface area (Å²) in [4.78, 5) is 11.7. The van der Waals surface area contributed by atoms with Gasteiger partial charge in [0.2, 0.25) is 5.91 Å². The van der Waals surface area contributed by atoms with Gasteiger partial charge in [0, 0.05) is 5.56 Å². The lowest BCUT2D eigenvalue weighted by atomic mass is 10.1. The van der Waals surface area contributed by atoms with Crippen molar-refractivity contribution in [2.75, 3.05) is 7.11 Å². The summed E-state index contributed by atoms with van der Waals surface area (Å²) in [7, 11) is 1.61. The van der Waals surface area contributed by atoms with Crippen molar-refractivity contribution >= 4 is 17.7 Å². The zero-order chi connectivity index (χ0) is 23.2. The Morgan fingerprint density at radius 1 is 0.970 bits per heavy atom. The molecule has 1 atom stereocenters. The van der Waals surface area contributed by atoms with Crippen LogP contribution in [0.1, 0.15) is 12.7 Å². The van der Waals surface area contributed by atoms with Crippen molar-refractivity contribution in [2.24, 2.45) is 5.73 Å². The molecule has 0 fully saturated rings. The Kier molecular flexibility index (Phi) is 6.95. The molecule has 4 aromatic rings. The topological polar surface area (TPSA) is 92.3 Å². The smallest absolute Gasteiger partial charge is 0.230 e. The lowest BCUT2D eigenvalue weighted by molar-refractivity contribution is -0.117. The molecule has 0 unspecified atom stereocenters. The first-order valence-corrected chi connectivity index (χ1v) is 11.3. The average Bonchev–Trinajstić information content (AvgIpc) is 3.25. The summed E-state index contributed by atoms with van der Waals surface area (Å²) in [6.07, 6.45) is 0. The minimum atomic E-state index is -0.477. The summed E-state index contributed by atoms with van der Waals surface area (Å²) in [5, 5.41) is 8.72. The van der Waals surface area contributed by atoms with Gasteiger partial charge in [0.1, 0.15) is 18.1 Å². The van der Waals surface area contributed by atoms with Gasteiger partial charge in [-0.05, 0) is 30.7 Å². The molecule has 33 heavy (non-hydrogen) atoms. The number of carbonyl (C=O) groups excluding carboxylic acids is 1. The highest BCUT2D eigenvalue weighted by Gasteiger charge is 2.22. The van der Waals surface area contributed by atoms with Gasteiger partial charge in [-0.2, -0.15) is 0 Å². The highest BCUT2D eigenvalue weighted by molar-refractivity contribution is 8.00. The molecule has 0 saturated carbocycles. The second-order valence-corrected chi connectivity index (χ2v) is 8.53. The van der Waals surface area contributed by atoms with E-state index in [1.54, 1.807) is 14.0 Å². The molecule has 0 spiro atoms. The van der Waals surface area contributed by atoms with E-state index in [0.29, 0.717) is 16.7 Å². The summed E-state index contributed by atoms with van der Waals surface area (Å²) in [6.45, 7) is 1.90. The van der Waals surface area contributed by atoms with E-state index >= 15 is 0 Å². The molecule has 0 aliphatic carbocycles. The van der Waals surface area contributed by atoms with E-state index in [-0.39, 0.29) is 6.61 Å². The van der Waals surface area contributed by atoms with Gasteiger partial charge < -0.3 is 15.2 Å². The fraction of sp³-hybridized carbons (Fsp3) is 0.160. The van der Waals surface area contributed by atoms with Crippen LogP contribution in [0.4, 0.5) is 0 Å². The third-order valence-corrected chi connectivity index (χ3v) is 6.10. The molecule has 3 aromatic carbocycles. The quantitative estimate of drug-likeness (QED) is 0.370. The molecule has 7 nitrogen and oxygen atoms in total. The van der Waals surface area contributed by atoms with E-state index in [4.69, 9.17) is 15.2 Å². The Labute approximate surface area is 196 Å². The van der Waals surface area contributed by atoms with Crippen molar-refractivity contribution in [3.63, 3.8) is 0 Å². The number of carbonyl (C=O) groups is 1. The number of nitrogens with zero attached hydrogens (tertiary/aromatic N) is 3. The number of hydrogen-bond acceptors (Lipinski definition) is 6. The van der Waals surface area contributed by atoms with Crippen molar-refractivity contribution < 1.29 is 14.3 Å². The van der Waals surface area contributed by atoms with Gasteiger partial charge in [-0.3, -0.25) is 9.36 Å². The molecule has 0 radical (unpaired) electrons. The zero-order valence-electron chi connectivity index (χ0n) is 18.3. The zero-order valence-corrected chi connectivity index (χ0v) is 19.2. The summed E-state index contributed by atoms with van der Waals surface area (Å²) >= 11 is 1.24. The van der Waals surface area contributed by atoms with Crippen molar-refractivity contribution in [2.45, 2.75) is 23.9 Å². The fourth-order valence-corrected chi connectivity index (χ4v) is 4.16. The molecule has 4 rings (SSSR count). The minimum Gasteiger partial charge on any atom is -0.495 e. The maximum atomic E-state index is 11.7. The number of primary amides is 1. The third-order valence-electron chi connectivity index (χ3n) is 5.04. The van der Waals surface area contributed by atoms with Gasteiger partial charge in [-0.25, -0.2) is 0 Å². The number of thioether (sulfide) groups is 1. The van der Waals surface area contributed by atoms with Crippen molar-refractivity contribution in [1.82, 2.24) is 14.8 Å². The second kappa shape index (κ2) is 10.2. The molecular formula is C25H24N4O3S.